The molecule has 2 N–H and O–H groups in total. The smallest absolute Gasteiger partial charge is 0.239 e. The van der Waals surface area contributed by atoms with Gasteiger partial charge in [-0.05, 0) is 17.8 Å². The van der Waals surface area contributed by atoms with Crippen LogP contribution in [0, 0.1) is 17.8 Å². The Morgan fingerprint density at radius 1 is 1.00 bits per heavy atom. The van der Waals surface area contributed by atoms with Gasteiger partial charge in [-0.1, -0.05) is 41.5 Å². The van der Waals surface area contributed by atoms with E-state index in [4.69, 9.17) is 5.73 Å². The highest BCUT2D eigenvalue weighted by Crippen LogP contribution is 2.09. The number of nitrogens with two attached hydrogens (primary N) is 1. The molecule has 3 heteroatoms. The summed E-state index contributed by atoms with van der Waals surface area (Å²) in [5, 5.41) is 0. The zero-order valence-electron chi connectivity index (χ0n) is 11.7. The number of rotatable bonds is 6. The van der Waals surface area contributed by atoms with Crippen molar-refractivity contribution in [2.75, 3.05) is 13.1 Å². The number of hydrogen-bond donors (Lipinski definition) is 1. The zero-order chi connectivity index (χ0) is 12.9. The highest BCUT2D eigenvalue weighted by atomic mass is 16.2. The second-order valence-electron chi connectivity index (χ2n) is 5.80. The maximum atomic E-state index is 12.2. The van der Waals surface area contributed by atoms with Crippen LogP contribution in [0.25, 0.3) is 0 Å². The van der Waals surface area contributed by atoms with Gasteiger partial charge in [0.15, 0.2) is 0 Å². The van der Waals surface area contributed by atoms with Crippen molar-refractivity contribution in [3.63, 3.8) is 0 Å². The second-order valence-corrected chi connectivity index (χ2v) is 5.80. The van der Waals surface area contributed by atoms with Crippen LogP contribution in [0.2, 0.25) is 0 Å². The van der Waals surface area contributed by atoms with Gasteiger partial charge in [0.2, 0.25) is 5.91 Å². The molecule has 0 radical (unpaired) electrons. The molecule has 0 rings (SSSR count). The molecule has 96 valence electrons. The van der Waals surface area contributed by atoms with Crippen LogP contribution in [0.3, 0.4) is 0 Å². The van der Waals surface area contributed by atoms with E-state index in [1.165, 1.54) is 0 Å². The minimum absolute atomic E-state index is 0.0948. The number of nitrogens with zero attached hydrogens (tertiary/aromatic N) is 1. The lowest BCUT2D eigenvalue weighted by molar-refractivity contribution is -0.134. The Labute approximate surface area is 100 Å². The molecule has 0 bridgehead atoms. The Morgan fingerprint density at radius 3 is 1.62 bits per heavy atom. The summed E-state index contributed by atoms with van der Waals surface area (Å²) in [5.74, 6) is 1.27. The first-order valence-corrected chi connectivity index (χ1v) is 6.30. The van der Waals surface area contributed by atoms with Crippen LogP contribution in [-0.2, 0) is 4.79 Å². The van der Waals surface area contributed by atoms with Crippen molar-refractivity contribution >= 4 is 5.91 Å². The minimum atomic E-state index is -0.363. The van der Waals surface area contributed by atoms with Gasteiger partial charge in [-0.2, -0.15) is 0 Å². The Bertz CT molecular complexity index is 202. The van der Waals surface area contributed by atoms with Crippen molar-refractivity contribution in [2.45, 2.75) is 47.6 Å². The molecule has 0 aromatic carbocycles. The van der Waals surface area contributed by atoms with Crippen LogP contribution >= 0.6 is 0 Å². The summed E-state index contributed by atoms with van der Waals surface area (Å²) in [4.78, 5) is 14.1. The molecule has 0 spiro atoms. The van der Waals surface area contributed by atoms with E-state index in [1.54, 1.807) is 0 Å². The van der Waals surface area contributed by atoms with Gasteiger partial charge in [-0.15, -0.1) is 0 Å². The summed E-state index contributed by atoms with van der Waals surface area (Å²) >= 11 is 0. The van der Waals surface area contributed by atoms with Crippen molar-refractivity contribution in [3.8, 4) is 0 Å². The predicted octanol–water partition coefficient (Wildman–Crippen LogP) is 2.11. The van der Waals surface area contributed by atoms with E-state index >= 15 is 0 Å². The van der Waals surface area contributed by atoms with Gasteiger partial charge in [0.05, 0.1) is 6.04 Å². The molecule has 0 unspecified atom stereocenters. The van der Waals surface area contributed by atoms with Crippen molar-refractivity contribution in [3.05, 3.63) is 0 Å². The van der Waals surface area contributed by atoms with E-state index in [1.807, 2.05) is 18.7 Å². The van der Waals surface area contributed by atoms with Gasteiger partial charge in [0.25, 0.3) is 0 Å². The van der Waals surface area contributed by atoms with Crippen LogP contribution in [0.4, 0.5) is 0 Å². The van der Waals surface area contributed by atoms with Crippen LogP contribution in [0.1, 0.15) is 41.5 Å². The molecule has 1 amide bonds. The van der Waals surface area contributed by atoms with E-state index in [2.05, 4.69) is 27.7 Å². The van der Waals surface area contributed by atoms with Crippen molar-refractivity contribution in [2.24, 2.45) is 23.5 Å². The summed E-state index contributed by atoms with van der Waals surface area (Å²) in [7, 11) is 0. The second kappa shape index (κ2) is 6.89. The third-order valence-corrected chi connectivity index (χ3v) is 2.49. The Kier molecular flexibility index (Phi) is 6.65. The maximum absolute atomic E-state index is 12.2. The molecule has 0 saturated carbocycles. The van der Waals surface area contributed by atoms with Gasteiger partial charge in [-0.3, -0.25) is 4.79 Å². The molecule has 0 aromatic rings. The van der Waals surface area contributed by atoms with Crippen molar-refractivity contribution < 1.29 is 4.79 Å². The summed E-state index contributed by atoms with van der Waals surface area (Å²) in [6.07, 6.45) is 0. The van der Waals surface area contributed by atoms with Gasteiger partial charge in [0.1, 0.15) is 0 Å². The van der Waals surface area contributed by atoms with Crippen molar-refractivity contribution in [1.29, 1.82) is 0 Å². The van der Waals surface area contributed by atoms with Crippen LogP contribution in [-0.4, -0.2) is 29.9 Å². The van der Waals surface area contributed by atoms with Gasteiger partial charge in [0, 0.05) is 13.1 Å². The molecule has 0 fully saturated rings. The number of amides is 1. The molecule has 0 heterocycles. The molecule has 0 aromatic heterocycles. The number of carbonyl (C=O) groups is 1. The molecular weight excluding hydrogens is 200 g/mol. The molecule has 1 atom stereocenters. The normalized spacial score (nSPS) is 13.6. The summed E-state index contributed by atoms with van der Waals surface area (Å²) in [6, 6.07) is -0.363. The topological polar surface area (TPSA) is 46.3 Å². The van der Waals surface area contributed by atoms with E-state index in [0.29, 0.717) is 11.8 Å². The summed E-state index contributed by atoms with van der Waals surface area (Å²) < 4.78 is 0. The van der Waals surface area contributed by atoms with Crippen molar-refractivity contribution in [1.82, 2.24) is 4.90 Å². The Hall–Kier alpha value is -0.570. The van der Waals surface area contributed by atoms with E-state index in [-0.39, 0.29) is 17.9 Å². The summed E-state index contributed by atoms with van der Waals surface area (Å²) in [6.45, 7) is 14.1. The quantitative estimate of drug-likeness (QED) is 0.757. The lowest BCUT2D eigenvalue weighted by Crippen LogP contribution is -2.48. The molecule has 16 heavy (non-hydrogen) atoms. The van der Waals surface area contributed by atoms with E-state index < -0.39 is 0 Å². The first-order chi connectivity index (χ1) is 7.25. The molecular formula is C13H28N2O. The van der Waals surface area contributed by atoms with E-state index in [0.717, 1.165) is 13.1 Å². The zero-order valence-corrected chi connectivity index (χ0v) is 11.7. The maximum Gasteiger partial charge on any atom is 0.239 e. The number of carbonyl (C=O) groups excluding carboxylic acids is 1. The minimum Gasteiger partial charge on any atom is -0.341 e. The highest BCUT2D eigenvalue weighted by Gasteiger charge is 2.24. The first kappa shape index (κ1) is 15.4. The van der Waals surface area contributed by atoms with Gasteiger partial charge in [-0.25, -0.2) is 0 Å². The molecule has 0 aliphatic rings. The molecule has 0 aliphatic carbocycles. The molecule has 0 aliphatic heterocycles. The molecule has 3 nitrogen and oxygen atoms in total. The molecule has 0 saturated heterocycles. The average molecular weight is 228 g/mol. The van der Waals surface area contributed by atoms with E-state index in [9.17, 15) is 4.79 Å². The third kappa shape index (κ3) is 5.50. The first-order valence-electron chi connectivity index (χ1n) is 6.30. The fourth-order valence-corrected chi connectivity index (χ4v) is 1.63. The van der Waals surface area contributed by atoms with Crippen LogP contribution in [0.5, 0.6) is 0 Å². The SMILES string of the molecule is CC(C)CN(CC(C)C)C(=O)[C@@H](N)C(C)C. The Balaban J connectivity index is 4.55. The van der Waals surface area contributed by atoms with Crippen LogP contribution < -0.4 is 5.73 Å². The fourth-order valence-electron chi connectivity index (χ4n) is 1.63. The highest BCUT2D eigenvalue weighted by molar-refractivity contribution is 5.81. The van der Waals surface area contributed by atoms with Gasteiger partial charge < -0.3 is 10.6 Å². The van der Waals surface area contributed by atoms with Crippen LogP contribution in [0.15, 0.2) is 0 Å². The Morgan fingerprint density at radius 2 is 1.38 bits per heavy atom. The summed E-state index contributed by atoms with van der Waals surface area (Å²) in [5.41, 5.74) is 5.92. The third-order valence-electron chi connectivity index (χ3n) is 2.49. The average Bonchev–Trinajstić information content (AvgIpc) is 2.12. The monoisotopic (exact) mass is 228 g/mol. The largest absolute Gasteiger partial charge is 0.341 e. The lowest BCUT2D eigenvalue weighted by atomic mass is 10.0. The predicted molar refractivity (Wildman–Crippen MR) is 69.1 cm³/mol. The lowest BCUT2D eigenvalue weighted by Gasteiger charge is -2.30. The van der Waals surface area contributed by atoms with Gasteiger partial charge >= 0.3 is 0 Å². The fraction of sp³-hybridized carbons (Fsp3) is 0.923. The standard InChI is InChI=1S/C13H28N2O/c1-9(2)7-15(8-10(3)4)13(16)12(14)11(5)6/h9-12H,7-8,14H2,1-6H3/t12-/m0/s1. The number of hydrogen-bond acceptors (Lipinski definition) is 2.